The SMILES string of the molecule is CCC(O)(CC)CNC(=O)Nc1cccc(CN(C)C)c1. The van der Waals surface area contributed by atoms with Crippen molar-refractivity contribution in [3.8, 4) is 0 Å². The molecule has 0 saturated carbocycles. The number of hydrogen-bond acceptors (Lipinski definition) is 3. The summed E-state index contributed by atoms with van der Waals surface area (Å²) in [5.74, 6) is 0. The number of nitrogens with one attached hydrogen (secondary N) is 2. The Balaban J connectivity index is 2.55. The predicted octanol–water partition coefficient (Wildman–Crippen LogP) is 2.42. The first-order chi connectivity index (χ1) is 9.88. The van der Waals surface area contributed by atoms with E-state index in [4.69, 9.17) is 0 Å². The number of carbonyl (C=O) groups excluding carboxylic acids is 1. The number of aliphatic hydroxyl groups is 1. The second-order valence-electron chi connectivity index (χ2n) is 5.68. The lowest BCUT2D eigenvalue weighted by Crippen LogP contribution is -2.43. The van der Waals surface area contributed by atoms with Crippen molar-refractivity contribution in [2.45, 2.75) is 38.8 Å². The summed E-state index contributed by atoms with van der Waals surface area (Å²) in [7, 11) is 4.01. The summed E-state index contributed by atoms with van der Waals surface area (Å²) in [6.07, 6.45) is 1.23. The highest BCUT2D eigenvalue weighted by molar-refractivity contribution is 5.89. The van der Waals surface area contributed by atoms with E-state index in [9.17, 15) is 9.90 Å². The van der Waals surface area contributed by atoms with Crippen molar-refractivity contribution in [3.63, 3.8) is 0 Å². The smallest absolute Gasteiger partial charge is 0.319 e. The molecule has 0 saturated heterocycles. The molecule has 2 amide bonds. The van der Waals surface area contributed by atoms with E-state index in [-0.39, 0.29) is 12.6 Å². The molecule has 0 spiro atoms. The molecule has 3 N–H and O–H groups in total. The number of urea groups is 1. The molecule has 0 aliphatic carbocycles. The zero-order valence-electron chi connectivity index (χ0n) is 13.4. The van der Waals surface area contributed by atoms with Gasteiger partial charge in [0.15, 0.2) is 0 Å². The zero-order valence-corrected chi connectivity index (χ0v) is 13.4. The maximum absolute atomic E-state index is 11.9. The van der Waals surface area contributed by atoms with E-state index in [2.05, 4.69) is 15.5 Å². The van der Waals surface area contributed by atoms with Gasteiger partial charge in [0.2, 0.25) is 0 Å². The minimum atomic E-state index is -0.829. The maximum atomic E-state index is 11.9. The molecule has 0 heterocycles. The van der Waals surface area contributed by atoms with E-state index in [1.54, 1.807) is 0 Å². The molecule has 0 aliphatic rings. The van der Waals surface area contributed by atoms with Gasteiger partial charge in [-0.2, -0.15) is 0 Å². The van der Waals surface area contributed by atoms with Crippen molar-refractivity contribution in [2.75, 3.05) is 26.0 Å². The van der Waals surface area contributed by atoms with Crippen molar-refractivity contribution in [1.82, 2.24) is 10.2 Å². The van der Waals surface area contributed by atoms with E-state index in [0.717, 1.165) is 17.8 Å². The summed E-state index contributed by atoms with van der Waals surface area (Å²) < 4.78 is 0. The number of nitrogens with zero attached hydrogens (tertiary/aromatic N) is 1. The van der Waals surface area contributed by atoms with Crippen LogP contribution in [-0.2, 0) is 6.54 Å². The van der Waals surface area contributed by atoms with E-state index in [0.29, 0.717) is 12.8 Å². The third-order valence-electron chi connectivity index (χ3n) is 3.58. The van der Waals surface area contributed by atoms with Crippen LogP contribution in [0.4, 0.5) is 10.5 Å². The fourth-order valence-electron chi connectivity index (χ4n) is 2.03. The van der Waals surface area contributed by atoms with Crippen LogP contribution in [0, 0.1) is 0 Å². The van der Waals surface area contributed by atoms with Crippen LogP contribution in [0.3, 0.4) is 0 Å². The first kappa shape index (κ1) is 17.5. The molecular weight excluding hydrogens is 266 g/mol. The predicted molar refractivity (Wildman–Crippen MR) is 86.4 cm³/mol. The van der Waals surface area contributed by atoms with E-state index in [1.807, 2.05) is 52.2 Å². The fourth-order valence-corrected chi connectivity index (χ4v) is 2.03. The van der Waals surface area contributed by atoms with Crippen LogP contribution in [0.1, 0.15) is 32.3 Å². The van der Waals surface area contributed by atoms with Crippen LogP contribution in [0.2, 0.25) is 0 Å². The molecule has 1 aromatic carbocycles. The Hall–Kier alpha value is -1.59. The van der Waals surface area contributed by atoms with Crippen LogP contribution >= 0.6 is 0 Å². The molecule has 1 rings (SSSR count). The van der Waals surface area contributed by atoms with Crippen LogP contribution in [-0.4, -0.2) is 42.3 Å². The first-order valence-corrected chi connectivity index (χ1v) is 7.39. The Bertz CT molecular complexity index is 457. The number of hydrogen-bond donors (Lipinski definition) is 3. The molecule has 5 nitrogen and oxygen atoms in total. The second kappa shape index (κ2) is 8.00. The lowest BCUT2D eigenvalue weighted by molar-refractivity contribution is 0.0354. The fraction of sp³-hybridized carbons (Fsp3) is 0.562. The van der Waals surface area contributed by atoms with Gasteiger partial charge in [0, 0.05) is 18.8 Å². The van der Waals surface area contributed by atoms with Gasteiger partial charge in [0.05, 0.1) is 5.60 Å². The molecule has 0 atom stereocenters. The molecule has 0 bridgehead atoms. The monoisotopic (exact) mass is 293 g/mol. The van der Waals surface area contributed by atoms with Crippen LogP contribution in [0.25, 0.3) is 0 Å². The highest BCUT2D eigenvalue weighted by Gasteiger charge is 2.22. The number of amides is 2. The minimum absolute atomic E-state index is 0.253. The highest BCUT2D eigenvalue weighted by atomic mass is 16.3. The van der Waals surface area contributed by atoms with E-state index >= 15 is 0 Å². The van der Waals surface area contributed by atoms with Crippen molar-refractivity contribution in [2.24, 2.45) is 0 Å². The number of anilines is 1. The van der Waals surface area contributed by atoms with E-state index in [1.165, 1.54) is 0 Å². The molecule has 0 fully saturated rings. The van der Waals surface area contributed by atoms with Gasteiger partial charge in [-0.05, 0) is 44.6 Å². The Labute approximate surface area is 127 Å². The van der Waals surface area contributed by atoms with Crippen LogP contribution in [0.15, 0.2) is 24.3 Å². The third kappa shape index (κ3) is 6.14. The number of rotatable bonds is 7. The summed E-state index contributed by atoms with van der Waals surface area (Å²) >= 11 is 0. The Kier molecular flexibility index (Phi) is 6.65. The van der Waals surface area contributed by atoms with Gasteiger partial charge >= 0.3 is 6.03 Å². The standard InChI is InChI=1S/C16H27N3O2/c1-5-16(21,6-2)12-17-15(20)18-14-9-7-8-13(10-14)11-19(3)4/h7-10,21H,5-6,11-12H2,1-4H3,(H2,17,18,20). The van der Waals surface area contributed by atoms with Crippen molar-refractivity contribution < 1.29 is 9.90 Å². The van der Waals surface area contributed by atoms with Gasteiger partial charge in [0.25, 0.3) is 0 Å². The third-order valence-corrected chi connectivity index (χ3v) is 3.58. The molecule has 0 aromatic heterocycles. The van der Waals surface area contributed by atoms with Gasteiger partial charge in [-0.3, -0.25) is 0 Å². The topological polar surface area (TPSA) is 64.6 Å². The average molecular weight is 293 g/mol. The second-order valence-corrected chi connectivity index (χ2v) is 5.68. The molecule has 5 heteroatoms. The minimum Gasteiger partial charge on any atom is -0.388 e. The molecule has 118 valence electrons. The quantitative estimate of drug-likeness (QED) is 0.723. The van der Waals surface area contributed by atoms with E-state index < -0.39 is 5.60 Å². The maximum Gasteiger partial charge on any atom is 0.319 e. The molecule has 0 unspecified atom stereocenters. The van der Waals surface area contributed by atoms with Crippen molar-refractivity contribution >= 4 is 11.7 Å². The van der Waals surface area contributed by atoms with Gasteiger partial charge in [0.1, 0.15) is 0 Å². The highest BCUT2D eigenvalue weighted by Crippen LogP contribution is 2.14. The van der Waals surface area contributed by atoms with Crippen molar-refractivity contribution in [3.05, 3.63) is 29.8 Å². The molecule has 21 heavy (non-hydrogen) atoms. The van der Waals surface area contributed by atoms with Crippen LogP contribution in [0.5, 0.6) is 0 Å². The Morgan fingerprint density at radius 1 is 1.29 bits per heavy atom. The molecule has 1 aromatic rings. The average Bonchev–Trinajstić information content (AvgIpc) is 2.44. The zero-order chi connectivity index (χ0) is 15.9. The molecule has 0 radical (unpaired) electrons. The summed E-state index contributed by atoms with van der Waals surface area (Å²) in [5.41, 5.74) is 1.06. The lowest BCUT2D eigenvalue weighted by Gasteiger charge is -2.25. The van der Waals surface area contributed by atoms with Gasteiger partial charge in [-0.1, -0.05) is 26.0 Å². The summed E-state index contributed by atoms with van der Waals surface area (Å²) in [6, 6.07) is 7.45. The van der Waals surface area contributed by atoms with Gasteiger partial charge < -0.3 is 20.6 Å². The van der Waals surface area contributed by atoms with Crippen molar-refractivity contribution in [1.29, 1.82) is 0 Å². The summed E-state index contributed by atoms with van der Waals surface area (Å²) in [5, 5.41) is 15.7. The number of benzene rings is 1. The Morgan fingerprint density at radius 3 is 2.52 bits per heavy atom. The lowest BCUT2D eigenvalue weighted by atomic mass is 9.98. The summed E-state index contributed by atoms with van der Waals surface area (Å²) in [4.78, 5) is 14.0. The van der Waals surface area contributed by atoms with Gasteiger partial charge in [-0.15, -0.1) is 0 Å². The first-order valence-electron chi connectivity index (χ1n) is 7.39. The molecular formula is C16H27N3O2. The largest absolute Gasteiger partial charge is 0.388 e. The van der Waals surface area contributed by atoms with Crippen LogP contribution < -0.4 is 10.6 Å². The normalized spacial score (nSPS) is 11.5. The Morgan fingerprint density at radius 2 is 1.95 bits per heavy atom. The van der Waals surface area contributed by atoms with Gasteiger partial charge in [-0.25, -0.2) is 4.79 Å². The molecule has 0 aliphatic heterocycles. The summed E-state index contributed by atoms with van der Waals surface area (Å²) in [6.45, 7) is 4.90. The number of carbonyl (C=O) groups is 1.